The summed E-state index contributed by atoms with van der Waals surface area (Å²) in [5.41, 5.74) is 2.46. The smallest absolute Gasteiger partial charge is 0.289 e. The van der Waals surface area contributed by atoms with Crippen molar-refractivity contribution in [3.05, 3.63) is 95.7 Å². The quantitative estimate of drug-likeness (QED) is 0.633. The van der Waals surface area contributed by atoms with Gasteiger partial charge in [-0.1, -0.05) is 36.4 Å². The number of amides is 1. The van der Waals surface area contributed by atoms with Crippen LogP contribution in [0.3, 0.4) is 0 Å². The van der Waals surface area contributed by atoms with Crippen LogP contribution in [0, 0.1) is 5.82 Å². The van der Waals surface area contributed by atoms with Crippen LogP contribution in [0.4, 0.5) is 4.39 Å². The fourth-order valence-electron chi connectivity index (χ4n) is 3.18. The van der Waals surface area contributed by atoms with Gasteiger partial charge in [-0.3, -0.25) is 4.79 Å². The van der Waals surface area contributed by atoms with Crippen LogP contribution in [0.2, 0.25) is 0 Å². The van der Waals surface area contributed by atoms with Gasteiger partial charge in [0.1, 0.15) is 23.9 Å². The van der Waals surface area contributed by atoms with Gasteiger partial charge in [0.15, 0.2) is 5.76 Å². The SMILES string of the molecule is O=C(c1ccc(COc2ccc(F)cc2)o1)N1CC=C(c2ccccc2)CC1. The molecule has 0 saturated heterocycles. The molecule has 0 saturated carbocycles. The molecule has 1 amide bonds. The van der Waals surface area contributed by atoms with Gasteiger partial charge in [0.25, 0.3) is 5.91 Å². The van der Waals surface area contributed by atoms with E-state index in [4.69, 9.17) is 9.15 Å². The third kappa shape index (κ3) is 4.14. The molecule has 0 fully saturated rings. The van der Waals surface area contributed by atoms with Gasteiger partial charge in [0, 0.05) is 13.1 Å². The number of hydrogen-bond donors (Lipinski definition) is 0. The van der Waals surface area contributed by atoms with Gasteiger partial charge in [-0.15, -0.1) is 0 Å². The van der Waals surface area contributed by atoms with Gasteiger partial charge in [0.05, 0.1) is 0 Å². The molecule has 0 N–H and O–H groups in total. The summed E-state index contributed by atoms with van der Waals surface area (Å²) in [5, 5.41) is 0. The molecular weight excluding hydrogens is 357 g/mol. The number of furan rings is 1. The van der Waals surface area contributed by atoms with Crippen molar-refractivity contribution < 1.29 is 18.3 Å². The Kier molecular flexibility index (Phi) is 5.24. The first kappa shape index (κ1) is 18.0. The van der Waals surface area contributed by atoms with E-state index in [1.54, 1.807) is 29.2 Å². The van der Waals surface area contributed by atoms with Gasteiger partial charge in [0.2, 0.25) is 0 Å². The van der Waals surface area contributed by atoms with E-state index in [-0.39, 0.29) is 18.3 Å². The fourth-order valence-corrected chi connectivity index (χ4v) is 3.18. The molecule has 2 aromatic carbocycles. The van der Waals surface area contributed by atoms with Crippen molar-refractivity contribution in [2.24, 2.45) is 0 Å². The summed E-state index contributed by atoms with van der Waals surface area (Å²) in [6.45, 7) is 1.39. The first-order valence-electron chi connectivity index (χ1n) is 9.20. The van der Waals surface area contributed by atoms with Crippen LogP contribution in [0.25, 0.3) is 5.57 Å². The number of benzene rings is 2. The van der Waals surface area contributed by atoms with Crippen LogP contribution in [0.5, 0.6) is 5.75 Å². The summed E-state index contributed by atoms with van der Waals surface area (Å²) in [6.07, 6.45) is 2.91. The fraction of sp³-hybridized carbons (Fsp3) is 0.174. The summed E-state index contributed by atoms with van der Waals surface area (Å²) >= 11 is 0. The molecule has 2 heterocycles. The molecule has 4 nitrogen and oxygen atoms in total. The topological polar surface area (TPSA) is 42.7 Å². The van der Waals surface area contributed by atoms with Gasteiger partial charge in [-0.25, -0.2) is 4.39 Å². The normalized spacial score (nSPS) is 13.9. The molecule has 1 aliphatic rings. The van der Waals surface area contributed by atoms with E-state index in [9.17, 15) is 9.18 Å². The first-order chi connectivity index (χ1) is 13.7. The monoisotopic (exact) mass is 377 g/mol. The maximum absolute atomic E-state index is 12.9. The Morgan fingerprint density at radius 2 is 1.82 bits per heavy atom. The minimum atomic E-state index is -0.316. The molecule has 0 radical (unpaired) electrons. The molecule has 5 heteroatoms. The lowest BCUT2D eigenvalue weighted by Gasteiger charge is -2.25. The van der Waals surface area contributed by atoms with Crippen LogP contribution in [0.15, 0.2) is 77.2 Å². The average molecular weight is 377 g/mol. The zero-order valence-corrected chi connectivity index (χ0v) is 15.3. The van der Waals surface area contributed by atoms with Crippen molar-refractivity contribution in [3.63, 3.8) is 0 Å². The van der Waals surface area contributed by atoms with Crippen molar-refractivity contribution in [1.29, 1.82) is 0 Å². The Morgan fingerprint density at radius 1 is 1.04 bits per heavy atom. The molecule has 142 valence electrons. The molecule has 0 bridgehead atoms. The molecular formula is C23H20FNO3. The third-order valence-corrected chi connectivity index (χ3v) is 4.71. The first-order valence-corrected chi connectivity index (χ1v) is 9.20. The number of nitrogens with zero attached hydrogens (tertiary/aromatic N) is 1. The van der Waals surface area contributed by atoms with E-state index in [0.717, 1.165) is 6.42 Å². The molecule has 0 unspecified atom stereocenters. The largest absolute Gasteiger partial charge is 0.486 e. The van der Waals surface area contributed by atoms with Crippen molar-refractivity contribution >= 4 is 11.5 Å². The Balaban J connectivity index is 1.35. The van der Waals surface area contributed by atoms with Gasteiger partial charge in [-0.05, 0) is 54.0 Å². The van der Waals surface area contributed by atoms with E-state index in [1.165, 1.54) is 23.3 Å². The van der Waals surface area contributed by atoms with E-state index >= 15 is 0 Å². The van der Waals surface area contributed by atoms with E-state index in [0.29, 0.717) is 30.4 Å². The Labute approximate surface area is 162 Å². The summed E-state index contributed by atoms with van der Waals surface area (Å²) in [5.74, 6) is 0.945. The molecule has 28 heavy (non-hydrogen) atoms. The van der Waals surface area contributed by atoms with Crippen LogP contribution in [0.1, 0.15) is 28.3 Å². The number of rotatable bonds is 5. The van der Waals surface area contributed by atoms with Crippen LogP contribution in [-0.2, 0) is 6.61 Å². The second kappa shape index (κ2) is 8.13. The summed E-state index contributed by atoms with van der Waals surface area (Å²) < 4.78 is 24.1. The molecule has 1 aromatic heterocycles. The van der Waals surface area contributed by atoms with Gasteiger partial charge >= 0.3 is 0 Å². The number of halogens is 1. The molecule has 3 aromatic rings. The average Bonchev–Trinajstić information content (AvgIpc) is 3.23. The molecule has 4 rings (SSSR count). The summed E-state index contributed by atoms with van der Waals surface area (Å²) in [4.78, 5) is 14.5. The lowest BCUT2D eigenvalue weighted by atomic mass is 9.99. The zero-order chi connectivity index (χ0) is 19.3. The Bertz CT molecular complexity index is 977. The van der Waals surface area contributed by atoms with Crippen molar-refractivity contribution in [2.75, 3.05) is 13.1 Å². The second-order valence-electron chi connectivity index (χ2n) is 6.61. The highest BCUT2D eigenvalue weighted by molar-refractivity contribution is 5.92. The van der Waals surface area contributed by atoms with Crippen molar-refractivity contribution in [1.82, 2.24) is 4.90 Å². The van der Waals surface area contributed by atoms with Crippen molar-refractivity contribution in [2.45, 2.75) is 13.0 Å². The lowest BCUT2D eigenvalue weighted by molar-refractivity contribution is 0.0737. The molecule has 0 aliphatic carbocycles. The van der Waals surface area contributed by atoms with Crippen LogP contribution >= 0.6 is 0 Å². The van der Waals surface area contributed by atoms with Crippen LogP contribution in [-0.4, -0.2) is 23.9 Å². The predicted octanol–water partition coefficient (Wildman–Crippen LogP) is 4.93. The maximum atomic E-state index is 12.9. The van der Waals surface area contributed by atoms with Gasteiger partial charge in [-0.2, -0.15) is 0 Å². The van der Waals surface area contributed by atoms with E-state index < -0.39 is 0 Å². The number of ether oxygens (including phenoxy) is 1. The highest BCUT2D eigenvalue weighted by Gasteiger charge is 2.22. The Hall–Kier alpha value is -3.34. The number of carbonyl (C=O) groups is 1. The summed E-state index contributed by atoms with van der Waals surface area (Å²) in [7, 11) is 0. The molecule has 0 spiro atoms. The van der Waals surface area contributed by atoms with Gasteiger partial charge < -0.3 is 14.1 Å². The standard InChI is InChI=1S/C23H20FNO3/c24-19-6-8-20(9-7-19)27-16-21-10-11-22(28-21)23(26)25-14-12-18(13-15-25)17-4-2-1-3-5-17/h1-12H,13-16H2. The van der Waals surface area contributed by atoms with E-state index in [2.05, 4.69) is 18.2 Å². The zero-order valence-electron chi connectivity index (χ0n) is 15.3. The third-order valence-electron chi connectivity index (χ3n) is 4.71. The predicted molar refractivity (Wildman–Crippen MR) is 104 cm³/mol. The van der Waals surface area contributed by atoms with Crippen LogP contribution < -0.4 is 4.74 Å². The lowest BCUT2D eigenvalue weighted by Crippen LogP contribution is -2.34. The maximum Gasteiger partial charge on any atom is 0.289 e. The highest BCUT2D eigenvalue weighted by atomic mass is 19.1. The van der Waals surface area contributed by atoms with E-state index in [1.807, 2.05) is 18.2 Å². The minimum Gasteiger partial charge on any atom is -0.486 e. The second-order valence-corrected chi connectivity index (χ2v) is 6.61. The Morgan fingerprint density at radius 3 is 2.54 bits per heavy atom. The number of hydrogen-bond acceptors (Lipinski definition) is 3. The number of carbonyl (C=O) groups excluding carboxylic acids is 1. The minimum absolute atomic E-state index is 0.128. The summed E-state index contributed by atoms with van der Waals surface area (Å²) in [6, 6.07) is 19.4. The molecule has 0 atom stereocenters. The van der Waals surface area contributed by atoms with Crippen molar-refractivity contribution in [3.8, 4) is 5.75 Å². The molecule has 1 aliphatic heterocycles. The highest BCUT2D eigenvalue weighted by Crippen LogP contribution is 2.23.